The molecular weight excluding hydrogens is 448 g/mol. The molecule has 2 heterocycles. The van der Waals surface area contributed by atoms with Crippen molar-refractivity contribution in [3.8, 4) is 0 Å². The number of fused-ring (bicyclic) bond motifs is 2. The van der Waals surface area contributed by atoms with E-state index in [0.717, 1.165) is 16.7 Å². The maximum absolute atomic E-state index is 13.4. The van der Waals surface area contributed by atoms with Crippen LogP contribution >= 0.6 is 11.6 Å². The summed E-state index contributed by atoms with van der Waals surface area (Å²) in [6.07, 6.45) is 1.63. The topological polar surface area (TPSA) is 98.2 Å². The average molecular weight is 469 g/mol. The smallest absolute Gasteiger partial charge is 0.261 e. The Hall–Kier alpha value is -4.23. The zero-order valence-corrected chi connectivity index (χ0v) is 19.3. The number of benzene rings is 3. The first-order chi connectivity index (χ1) is 16.4. The van der Waals surface area contributed by atoms with Crippen molar-refractivity contribution < 1.29 is 4.79 Å². The molecule has 0 bridgehead atoms. The standard InChI is InChI=1S/C26H21ClN6O/c1-15-11-16(2)13-19(12-15)30-26(34)22-23-25(32-21-6-4-3-5-20(21)31-23)33(24(22)28)29-14-17-7-9-18(27)10-8-17/h3-14H,28H2,1-2H3,(H,30,34). The maximum atomic E-state index is 13.4. The summed E-state index contributed by atoms with van der Waals surface area (Å²) >= 11 is 5.98. The van der Waals surface area contributed by atoms with E-state index in [1.807, 2.05) is 68.4 Å². The summed E-state index contributed by atoms with van der Waals surface area (Å²) in [6, 6.07) is 20.5. The third-order valence-electron chi connectivity index (χ3n) is 5.37. The molecule has 0 aliphatic carbocycles. The number of halogens is 1. The van der Waals surface area contributed by atoms with Gasteiger partial charge in [-0.15, -0.1) is 0 Å². The monoisotopic (exact) mass is 468 g/mol. The Morgan fingerprint density at radius 3 is 2.32 bits per heavy atom. The number of nitrogens with zero attached hydrogens (tertiary/aromatic N) is 4. The van der Waals surface area contributed by atoms with Crippen LogP contribution in [0.25, 0.3) is 22.2 Å². The van der Waals surface area contributed by atoms with E-state index >= 15 is 0 Å². The van der Waals surface area contributed by atoms with Gasteiger partial charge in [0.15, 0.2) is 5.65 Å². The Morgan fingerprint density at radius 2 is 1.65 bits per heavy atom. The van der Waals surface area contributed by atoms with Crippen molar-refractivity contribution in [3.63, 3.8) is 0 Å². The van der Waals surface area contributed by atoms with Gasteiger partial charge in [-0.05, 0) is 66.9 Å². The predicted octanol–water partition coefficient (Wildman–Crippen LogP) is 5.57. The highest BCUT2D eigenvalue weighted by Gasteiger charge is 2.24. The van der Waals surface area contributed by atoms with Crippen LogP contribution in [0.3, 0.4) is 0 Å². The Bertz CT molecular complexity index is 1570. The van der Waals surface area contributed by atoms with Crippen LogP contribution in [0.5, 0.6) is 0 Å². The molecule has 7 nitrogen and oxygen atoms in total. The number of hydrogen-bond donors (Lipinski definition) is 2. The highest BCUT2D eigenvalue weighted by atomic mass is 35.5. The third-order valence-corrected chi connectivity index (χ3v) is 5.62. The van der Waals surface area contributed by atoms with E-state index in [4.69, 9.17) is 27.3 Å². The minimum atomic E-state index is -0.377. The first kappa shape index (κ1) is 21.6. The van der Waals surface area contributed by atoms with Crippen LogP contribution in [0, 0.1) is 13.8 Å². The van der Waals surface area contributed by atoms with Crippen LogP contribution < -0.4 is 11.1 Å². The van der Waals surface area contributed by atoms with Crippen LogP contribution in [-0.2, 0) is 0 Å². The summed E-state index contributed by atoms with van der Waals surface area (Å²) in [7, 11) is 0. The largest absolute Gasteiger partial charge is 0.383 e. The Labute approximate surface area is 200 Å². The lowest BCUT2D eigenvalue weighted by Gasteiger charge is -2.08. The van der Waals surface area contributed by atoms with Gasteiger partial charge < -0.3 is 11.1 Å². The van der Waals surface area contributed by atoms with Gasteiger partial charge in [0.05, 0.1) is 17.2 Å². The van der Waals surface area contributed by atoms with Gasteiger partial charge in [-0.3, -0.25) is 4.79 Å². The fraction of sp³-hybridized carbons (Fsp3) is 0.0769. The first-order valence-electron chi connectivity index (χ1n) is 10.7. The molecule has 8 heteroatoms. The Balaban J connectivity index is 1.65. The SMILES string of the molecule is Cc1cc(C)cc(NC(=O)c2c(N)n(N=Cc3ccc(Cl)cc3)c3nc4ccccc4nc23)c1. The summed E-state index contributed by atoms with van der Waals surface area (Å²) in [5, 5.41) is 8.10. The Morgan fingerprint density at radius 1 is 1.00 bits per heavy atom. The number of para-hydroxylation sites is 2. The summed E-state index contributed by atoms with van der Waals surface area (Å²) in [5.41, 5.74) is 12.4. The zero-order valence-electron chi connectivity index (χ0n) is 18.6. The first-order valence-corrected chi connectivity index (χ1v) is 11.0. The summed E-state index contributed by atoms with van der Waals surface area (Å²) in [5.74, 6) is -0.227. The maximum Gasteiger partial charge on any atom is 0.261 e. The van der Waals surface area contributed by atoms with Gasteiger partial charge in [0.1, 0.15) is 16.9 Å². The normalized spacial score (nSPS) is 11.5. The predicted molar refractivity (Wildman–Crippen MR) is 138 cm³/mol. The highest BCUT2D eigenvalue weighted by Crippen LogP contribution is 2.29. The van der Waals surface area contributed by atoms with Crippen molar-refractivity contribution in [2.24, 2.45) is 5.10 Å². The Kier molecular flexibility index (Phi) is 5.47. The van der Waals surface area contributed by atoms with Gasteiger partial charge in [-0.25, -0.2) is 9.97 Å². The molecule has 0 saturated heterocycles. The van der Waals surface area contributed by atoms with Gasteiger partial charge in [-0.1, -0.05) is 41.9 Å². The van der Waals surface area contributed by atoms with E-state index in [1.54, 1.807) is 18.3 Å². The van der Waals surface area contributed by atoms with Crippen molar-refractivity contribution in [2.75, 3.05) is 11.1 Å². The van der Waals surface area contributed by atoms with Gasteiger partial charge in [-0.2, -0.15) is 9.78 Å². The molecule has 0 radical (unpaired) electrons. The van der Waals surface area contributed by atoms with Gasteiger partial charge in [0.25, 0.3) is 5.91 Å². The second-order valence-corrected chi connectivity index (χ2v) is 8.52. The molecule has 3 N–H and O–H groups in total. The summed E-state index contributed by atoms with van der Waals surface area (Å²) in [4.78, 5) is 22.8. The lowest BCUT2D eigenvalue weighted by Crippen LogP contribution is -2.14. The van der Waals surface area contributed by atoms with Crippen molar-refractivity contribution >= 4 is 57.4 Å². The average Bonchev–Trinajstić information content (AvgIpc) is 3.06. The molecule has 0 aliphatic rings. The molecule has 168 valence electrons. The second-order valence-electron chi connectivity index (χ2n) is 8.08. The van der Waals surface area contributed by atoms with Crippen LogP contribution in [0.15, 0.2) is 71.8 Å². The third kappa shape index (κ3) is 4.09. The lowest BCUT2D eigenvalue weighted by molar-refractivity contribution is 0.102. The molecule has 5 rings (SSSR count). The van der Waals surface area contributed by atoms with E-state index in [0.29, 0.717) is 32.9 Å². The molecule has 3 aromatic carbocycles. The molecule has 34 heavy (non-hydrogen) atoms. The summed E-state index contributed by atoms with van der Waals surface area (Å²) < 4.78 is 1.44. The highest BCUT2D eigenvalue weighted by molar-refractivity contribution is 6.30. The van der Waals surface area contributed by atoms with Crippen LogP contribution in [0.1, 0.15) is 27.0 Å². The number of carbonyl (C=O) groups is 1. The van der Waals surface area contributed by atoms with Gasteiger partial charge in [0.2, 0.25) is 0 Å². The number of nitrogens with one attached hydrogen (secondary N) is 1. The molecule has 0 aliphatic heterocycles. The van der Waals surface area contributed by atoms with Crippen molar-refractivity contribution in [1.82, 2.24) is 14.6 Å². The number of amides is 1. The van der Waals surface area contributed by atoms with E-state index in [-0.39, 0.29) is 17.3 Å². The number of anilines is 2. The van der Waals surface area contributed by atoms with Gasteiger partial charge >= 0.3 is 0 Å². The van der Waals surface area contributed by atoms with Gasteiger partial charge in [0, 0.05) is 10.7 Å². The lowest BCUT2D eigenvalue weighted by atomic mass is 10.1. The minimum Gasteiger partial charge on any atom is -0.383 e. The second kappa shape index (κ2) is 8.61. The quantitative estimate of drug-likeness (QED) is 0.337. The number of aromatic nitrogens is 3. The number of carbonyl (C=O) groups excluding carboxylic acids is 1. The fourth-order valence-electron chi connectivity index (χ4n) is 3.90. The van der Waals surface area contributed by atoms with E-state index in [2.05, 4.69) is 10.4 Å². The van der Waals surface area contributed by atoms with E-state index < -0.39 is 0 Å². The molecule has 0 saturated carbocycles. The molecule has 1 amide bonds. The molecule has 2 aromatic heterocycles. The van der Waals surface area contributed by atoms with Crippen molar-refractivity contribution in [3.05, 3.63) is 94.0 Å². The zero-order chi connectivity index (χ0) is 23.8. The number of hydrogen-bond acceptors (Lipinski definition) is 5. The molecule has 0 unspecified atom stereocenters. The van der Waals surface area contributed by atoms with Crippen molar-refractivity contribution in [1.29, 1.82) is 0 Å². The number of nitrogen functional groups attached to an aromatic ring is 1. The minimum absolute atomic E-state index is 0.150. The fourth-order valence-corrected chi connectivity index (χ4v) is 4.03. The molecule has 0 spiro atoms. The van der Waals surface area contributed by atoms with Crippen LogP contribution in [-0.4, -0.2) is 26.8 Å². The van der Waals surface area contributed by atoms with E-state index in [9.17, 15) is 4.79 Å². The van der Waals surface area contributed by atoms with Crippen molar-refractivity contribution in [2.45, 2.75) is 13.8 Å². The molecule has 5 aromatic rings. The van der Waals surface area contributed by atoms with Crippen LogP contribution in [0.2, 0.25) is 5.02 Å². The number of aryl methyl sites for hydroxylation is 2. The number of rotatable bonds is 4. The number of nitrogens with two attached hydrogens (primary N) is 1. The molecule has 0 fully saturated rings. The summed E-state index contributed by atoms with van der Waals surface area (Å²) in [6.45, 7) is 3.96. The van der Waals surface area contributed by atoms with E-state index in [1.165, 1.54) is 4.68 Å². The van der Waals surface area contributed by atoms with Crippen LogP contribution in [0.4, 0.5) is 11.5 Å². The molecule has 0 atom stereocenters. The molecular formula is C26H21ClN6O.